The maximum atomic E-state index is 12.4. The van der Waals surface area contributed by atoms with Crippen molar-refractivity contribution in [3.05, 3.63) is 57.8 Å². The van der Waals surface area contributed by atoms with Crippen LogP contribution in [0.15, 0.2) is 36.5 Å². The van der Waals surface area contributed by atoms with E-state index < -0.39 is 10.8 Å². The Morgan fingerprint density at radius 1 is 1.27 bits per heavy atom. The Balaban J connectivity index is 0.00000243. The highest BCUT2D eigenvalue weighted by molar-refractivity contribution is 6.05. The SMILES string of the molecule is Cc1ccc([N+](=O)[O-])cc1C(=O)Nc1ccc(N2CCNCC2)cn1.Cl. The Morgan fingerprint density at radius 2 is 2.00 bits per heavy atom. The number of aryl methyl sites for hydroxylation is 1. The van der Waals surface area contributed by atoms with Crippen LogP contribution in [0.1, 0.15) is 15.9 Å². The molecule has 8 nitrogen and oxygen atoms in total. The van der Waals surface area contributed by atoms with Gasteiger partial charge < -0.3 is 15.5 Å². The van der Waals surface area contributed by atoms with Gasteiger partial charge in [-0.25, -0.2) is 4.98 Å². The van der Waals surface area contributed by atoms with Crippen molar-refractivity contribution in [3.63, 3.8) is 0 Å². The van der Waals surface area contributed by atoms with E-state index in [1.54, 1.807) is 25.3 Å². The minimum absolute atomic E-state index is 0. The lowest BCUT2D eigenvalue weighted by atomic mass is 10.1. The summed E-state index contributed by atoms with van der Waals surface area (Å²) in [6, 6.07) is 7.87. The molecule has 26 heavy (non-hydrogen) atoms. The molecule has 1 fully saturated rings. The Hall–Kier alpha value is -2.71. The molecular formula is C17H20ClN5O3. The lowest BCUT2D eigenvalue weighted by Gasteiger charge is -2.29. The zero-order valence-corrected chi connectivity index (χ0v) is 15.1. The van der Waals surface area contributed by atoms with Crippen molar-refractivity contribution in [1.82, 2.24) is 10.3 Å². The van der Waals surface area contributed by atoms with Gasteiger partial charge in [-0.15, -0.1) is 12.4 Å². The van der Waals surface area contributed by atoms with Gasteiger partial charge >= 0.3 is 0 Å². The molecule has 0 saturated carbocycles. The molecular weight excluding hydrogens is 358 g/mol. The second kappa shape index (κ2) is 8.59. The third kappa shape index (κ3) is 4.47. The monoisotopic (exact) mass is 377 g/mol. The number of nitrogens with zero attached hydrogens (tertiary/aromatic N) is 3. The van der Waals surface area contributed by atoms with Gasteiger partial charge in [0.2, 0.25) is 0 Å². The van der Waals surface area contributed by atoms with Gasteiger partial charge in [0.15, 0.2) is 0 Å². The number of nitro benzene ring substituents is 1. The smallest absolute Gasteiger partial charge is 0.270 e. The fourth-order valence-electron chi connectivity index (χ4n) is 2.72. The highest BCUT2D eigenvalue weighted by Gasteiger charge is 2.16. The van der Waals surface area contributed by atoms with Gasteiger partial charge in [0, 0.05) is 43.9 Å². The summed E-state index contributed by atoms with van der Waals surface area (Å²) in [5.74, 6) is -0.00147. The Morgan fingerprint density at radius 3 is 2.62 bits per heavy atom. The highest BCUT2D eigenvalue weighted by Crippen LogP contribution is 2.20. The summed E-state index contributed by atoms with van der Waals surface area (Å²) < 4.78 is 0. The van der Waals surface area contributed by atoms with Crippen LogP contribution in [0.25, 0.3) is 0 Å². The second-order valence-corrected chi connectivity index (χ2v) is 5.85. The number of carbonyl (C=O) groups is 1. The van der Waals surface area contributed by atoms with Gasteiger partial charge in [0.25, 0.3) is 11.6 Å². The number of hydrogen-bond acceptors (Lipinski definition) is 6. The van der Waals surface area contributed by atoms with Gasteiger partial charge in [0.1, 0.15) is 5.82 Å². The van der Waals surface area contributed by atoms with E-state index in [0.29, 0.717) is 11.4 Å². The average molecular weight is 378 g/mol. The number of aromatic nitrogens is 1. The van der Waals surface area contributed by atoms with Crippen molar-refractivity contribution in [3.8, 4) is 0 Å². The van der Waals surface area contributed by atoms with Gasteiger partial charge in [-0.2, -0.15) is 0 Å². The van der Waals surface area contributed by atoms with E-state index in [4.69, 9.17) is 0 Å². The molecule has 1 aromatic carbocycles. The third-order valence-corrected chi connectivity index (χ3v) is 4.15. The number of piperazine rings is 1. The van der Waals surface area contributed by atoms with Crippen molar-refractivity contribution >= 4 is 35.5 Å². The number of amides is 1. The molecule has 9 heteroatoms. The van der Waals surface area contributed by atoms with Crippen LogP contribution in [0, 0.1) is 17.0 Å². The van der Waals surface area contributed by atoms with Gasteiger partial charge in [-0.05, 0) is 24.6 Å². The molecule has 2 heterocycles. The number of benzene rings is 1. The van der Waals surface area contributed by atoms with Crippen molar-refractivity contribution in [1.29, 1.82) is 0 Å². The van der Waals surface area contributed by atoms with E-state index in [0.717, 1.165) is 31.9 Å². The molecule has 2 aromatic rings. The average Bonchev–Trinajstić information content (AvgIpc) is 2.63. The fraction of sp³-hybridized carbons (Fsp3) is 0.294. The third-order valence-electron chi connectivity index (χ3n) is 4.15. The van der Waals surface area contributed by atoms with E-state index in [1.807, 2.05) is 6.07 Å². The van der Waals surface area contributed by atoms with E-state index in [9.17, 15) is 14.9 Å². The van der Waals surface area contributed by atoms with Gasteiger partial charge in [-0.3, -0.25) is 14.9 Å². The van der Waals surface area contributed by atoms with Crippen molar-refractivity contribution in [2.75, 3.05) is 36.4 Å². The number of rotatable bonds is 4. The molecule has 0 bridgehead atoms. The highest BCUT2D eigenvalue weighted by atomic mass is 35.5. The van der Waals surface area contributed by atoms with E-state index in [2.05, 4.69) is 20.5 Å². The Kier molecular flexibility index (Phi) is 6.48. The van der Waals surface area contributed by atoms with E-state index in [-0.39, 0.29) is 23.7 Å². The first-order valence-corrected chi connectivity index (χ1v) is 8.03. The predicted molar refractivity (Wildman–Crippen MR) is 102 cm³/mol. The topological polar surface area (TPSA) is 100 Å². The molecule has 1 amide bonds. The first kappa shape index (κ1) is 19.6. The minimum atomic E-state index is -0.517. The maximum absolute atomic E-state index is 12.4. The zero-order valence-electron chi connectivity index (χ0n) is 14.3. The number of carbonyl (C=O) groups excluding carboxylic acids is 1. The molecule has 2 N–H and O–H groups in total. The van der Waals surface area contributed by atoms with Crippen LogP contribution in [0.2, 0.25) is 0 Å². The molecule has 0 radical (unpaired) electrons. The summed E-state index contributed by atoms with van der Waals surface area (Å²) in [6.07, 6.45) is 1.72. The molecule has 0 unspecified atom stereocenters. The Labute approximate surface area is 157 Å². The van der Waals surface area contributed by atoms with Crippen LogP contribution in [0.3, 0.4) is 0 Å². The van der Waals surface area contributed by atoms with Crippen LogP contribution in [-0.4, -0.2) is 42.0 Å². The zero-order chi connectivity index (χ0) is 17.8. The predicted octanol–water partition coefficient (Wildman–Crippen LogP) is 2.38. The molecule has 138 valence electrons. The largest absolute Gasteiger partial charge is 0.368 e. The normalized spacial score (nSPS) is 13.7. The van der Waals surface area contributed by atoms with Gasteiger partial charge in [0.05, 0.1) is 16.8 Å². The summed E-state index contributed by atoms with van der Waals surface area (Å²) in [5, 5.41) is 16.9. The summed E-state index contributed by atoms with van der Waals surface area (Å²) in [5.41, 5.74) is 1.83. The molecule has 0 aliphatic carbocycles. The molecule has 1 aromatic heterocycles. The summed E-state index contributed by atoms with van der Waals surface area (Å²) >= 11 is 0. The lowest BCUT2D eigenvalue weighted by Crippen LogP contribution is -2.43. The van der Waals surface area contributed by atoms with E-state index >= 15 is 0 Å². The Bertz CT molecular complexity index is 791. The summed E-state index contributed by atoms with van der Waals surface area (Å²) in [7, 11) is 0. The molecule has 1 aliphatic heterocycles. The van der Waals surface area contributed by atoms with Gasteiger partial charge in [-0.1, -0.05) is 6.07 Å². The molecule has 0 spiro atoms. The van der Waals surface area contributed by atoms with E-state index in [1.165, 1.54) is 12.1 Å². The first-order chi connectivity index (χ1) is 12.0. The van der Waals surface area contributed by atoms with Crippen LogP contribution >= 0.6 is 12.4 Å². The number of nitrogens with one attached hydrogen (secondary N) is 2. The molecule has 3 rings (SSSR count). The number of nitro groups is 1. The standard InChI is InChI=1S/C17H19N5O3.ClH/c1-12-2-3-13(22(24)25)10-15(12)17(23)20-16-5-4-14(11-19-16)21-8-6-18-7-9-21;/h2-5,10-11,18H,6-9H2,1H3,(H,19,20,23);1H. The maximum Gasteiger partial charge on any atom is 0.270 e. The van der Waals surface area contributed by atoms with Crippen molar-refractivity contribution < 1.29 is 9.72 Å². The van der Waals surface area contributed by atoms with Crippen molar-refractivity contribution in [2.45, 2.75) is 6.92 Å². The van der Waals surface area contributed by atoms with Crippen LogP contribution in [-0.2, 0) is 0 Å². The number of pyridine rings is 1. The summed E-state index contributed by atoms with van der Waals surface area (Å²) in [6.45, 7) is 5.44. The van der Waals surface area contributed by atoms with Crippen LogP contribution in [0.4, 0.5) is 17.2 Å². The quantitative estimate of drug-likeness (QED) is 0.626. The number of non-ortho nitro benzene ring substituents is 1. The molecule has 0 atom stereocenters. The molecule has 1 aliphatic rings. The van der Waals surface area contributed by atoms with Crippen LogP contribution in [0.5, 0.6) is 0 Å². The summed E-state index contributed by atoms with van der Waals surface area (Å²) in [4.78, 5) is 29.3. The number of anilines is 2. The second-order valence-electron chi connectivity index (χ2n) is 5.85. The van der Waals surface area contributed by atoms with Crippen molar-refractivity contribution in [2.24, 2.45) is 0 Å². The fourth-order valence-corrected chi connectivity index (χ4v) is 2.72. The molecule has 1 saturated heterocycles. The first-order valence-electron chi connectivity index (χ1n) is 8.03. The lowest BCUT2D eigenvalue weighted by molar-refractivity contribution is -0.384. The number of hydrogen-bond donors (Lipinski definition) is 2. The van der Waals surface area contributed by atoms with Crippen LogP contribution < -0.4 is 15.5 Å². The minimum Gasteiger partial charge on any atom is -0.368 e. The number of halogens is 1.